The van der Waals surface area contributed by atoms with E-state index in [1.54, 1.807) is 30.2 Å². The topological polar surface area (TPSA) is 62.2 Å². The lowest BCUT2D eigenvalue weighted by Gasteiger charge is -2.21. The molecule has 116 valence electrons. The molecule has 1 saturated heterocycles. The predicted molar refractivity (Wildman–Crippen MR) is 78.6 cm³/mol. The molecule has 0 spiro atoms. The van der Waals surface area contributed by atoms with Crippen LogP contribution >= 0.6 is 0 Å². The van der Waals surface area contributed by atoms with Crippen LogP contribution in [0.5, 0.6) is 11.5 Å². The van der Waals surface area contributed by atoms with E-state index in [1.165, 1.54) is 0 Å². The number of carbonyl (C=O) groups is 1. The number of aliphatic hydroxyl groups is 1. The molecule has 1 aliphatic heterocycles. The van der Waals surface area contributed by atoms with Crippen molar-refractivity contribution in [2.45, 2.75) is 12.1 Å². The molecule has 1 fully saturated rings. The zero-order chi connectivity index (χ0) is 15.4. The molecule has 1 aromatic carbocycles. The van der Waals surface area contributed by atoms with Gasteiger partial charge in [0.05, 0.1) is 19.3 Å². The monoisotopic (exact) mass is 294 g/mol. The van der Waals surface area contributed by atoms with Gasteiger partial charge in [-0.05, 0) is 26.2 Å². The van der Waals surface area contributed by atoms with Crippen LogP contribution in [0.4, 0.5) is 0 Å². The molecule has 1 N–H and O–H groups in total. The van der Waals surface area contributed by atoms with Gasteiger partial charge in [-0.25, -0.2) is 0 Å². The number of hydrogen-bond donors (Lipinski definition) is 1. The summed E-state index contributed by atoms with van der Waals surface area (Å²) >= 11 is 0. The lowest BCUT2D eigenvalue weighted by molar-refractivity contribution is -0.132. The third-order valence-corrected chi connectivity index (χ3v) is 3.68. The summed E-state index contributed by atoms with van der Waals surface area (Å²) in [6.45, 7) is 0.831. The molecule has 0 saturated carbocycles. The first kappa shape index (κ1) is 15.6. The van der Waals surface area contributed by atoms with Gasteiger partial charge in [0.15, 0.2) is 6.61 Å². The Labute approximate surface area is 124 Å². The highest BCUT2D eigenvalue weighted by atomic mass is 16.5. The first-order valence-corrected chi connectivity index (χ1v) is 6.90. The molecule has 0 aromatic heterocycles. The minimum Gasteiger partial charge on any atom is -0.497 e. The Morgan fingerprint density at radius 1 is 1.38 bits per heavy atom. The Morgan fingerprint density at radius 3 is 2.71 bits per heavy atom. The van der Waals surface area contributed by atoms with Crippen molar-refractivity contribution < 1.29 is 19.4 Å². The molecule has 2 atom stereocenters. The summed E-state index contributed by atoms with van der Waals surface area (Å²) in [7, 11) is 5.38. The number of carbonyl (C=O) groups excluding carboxylic acids is 1. The highest BCUT2D eigenvalue weighted by molar-refractivity contribution is 5.78. The molecular formula is C15H22N2O4. The van der Waals surface area contributed by atoms with Gasteiger partial charge in [0.1, 0.15) is 11.5 Å². The Hall–Kier alpha value is -1.79. The lowest BCUT2D eigenvalue weighted by atomic mass is 10.2. The minimum absolute atomic E-state index is 0.0224. The number of β-amino-alcohol motifs (C(OH)–C–C–N with tert-alkyl or cyclic N) is 1. The summed E-state index contributed by atoms with van der Waals surface area (Å²) in [5, 5.41) is 9.94. The summed E-state index contributed by atoms with van der Waals surface area (Å²) < 4.78 is 10.6. The molecule has 1 heterocycles. The average Bonchev–Trinajstić information content (AvgIpc) is 2.87. The first-order valence-electron chi connectivity index (χ1n) is 6.90. The van der Waals surface area contributed by atoms with Crippen LogP contribution in [0.2, 0.25) is 0 Å². The van der Waals surface area contributed by atoms with Crippen LogP contribution in [-0.4, -0.2) is 73.9 Å². The Balaban J connectivity index is 1.87. The fourth-order valence-corrected chi connectivity index (χ4v) is 2.41. The van der Waals surface area contributed by atoms with Gasteiger partial charge in [-0.3, -0.25) is 4.79 Å². The molecule has 6 nitrogen and oxygen atoms in total. The SMILES string of the molecule is COc1cccc(OCC(=O)N2C[C@@H](O)[C@H](N(C)C)C2)c1. The Kier molecular flexibility index (Phi) is 5.03. The smallest absolute Gasteiger partial charge is 0.260 e. The number of nitrogens with zero attached hydrogens (tertiary/aromatic N) is 2. The number of rotatable bonds is 5. The molecule has 2 rings (SSSR count). The normalized spacial score (nSPS) is 21.7. The molecule has 1 amide bonds. The standard InChI is InChI=1S/C15H22N2O4/c1-16(2)13-8-17(9-14(13)18)15(19)10-21-12-6-4-5-11(7-12)20-3/h4-7,13-14,18H,8-10H2,1-3H3/t13-,14-/m1/s1. The number of aliphatic hydroxyl groups excluding tert-OH is 1. The summed E-state index contributed by atoms with van der Waals surface area (Å²) in [6, 6.07) is 7.10. The van der Waals surface area contributed by atoms with Crippen molar-refractivity contribution in [3.05, 3.63) is 24.3 Å². The van der Waals surface area contributed by atoms with Crippen molar-refractivity contribution in [3.63, 3.8) is 0 Å². The van der Waals surface area contributed by atoms with Crippen LogP contribution in [-0.2, 0) is 4.79 Å². The summed E-state index contributed by atoms with van der Waals surface area (Å²) in [6.07, 6.45) is -0.513. The van der Waals surface area contributed by atoms with E-state index in [-0.39, 0.29) is 18.6 Å². The molecular weight excluding hydrogens is 272 g/mol. The largest absolute Gasteiger partial charge is 0.497 e. The number of ether oxygens (including phenoxy) is 2. The van der Waals surface area contributed by atoms with E-state index in [0.29, 0.717) is 24.6 Å². The van der Waals surface area contributed by atoms with Crippen molar-refractivity contribution in [2.75, 3.05) is 40.9 Å². The zero-order valence-corrected chi connectivity index (χ0v) is 12.7. The third kappa shape index (κ3) is 3.86. The lowest BCUT2D eigenvalue weighted by Crippen LogP contribution is -2.38. The highest BCUT2D eigenvalue weighted by Crippen LogP contribution is 2.19. The summed E-state index contributed by atoms with van der Waals surface area (Å²) in [4.78, 5) is 15.7. The summed E-state index contributed by atoms with van der Waals surface area (Å²) in [5.74, 6) is 1.15. The molecule has 1 aromatic rings. The number of methoxy groups -OCH3 is 1. The maximum atomic E-state index is 12.1. The van der Waals surface area contributed by atoms with Crippen LogP contribution in [0, 0.1) is 0 Å². The Bertz CT molecular complexity index is 492. The Morgan fingerprint density at radius 2 is 2.10 bits per heavy atom. The number of likely N-dealkylation sites (N-methyl/N-ethyl adjacent to an activating group) is 1. The number of amides is 1. The molecule has 6 heteroatoms. The van der Waals surface area contributed by atoms with E-state index in [1.807, 2.05) is 25.1 Å². The minimum atomic E-state index is -0.513. The van der Waals surface area contributed by atoms with Gasteiger partial charge < -0.3 is 24.4 Å². The fourth-order valence-electron chi connectivity index (χ4n) is 2.41. The number of hydrogen-bond acceptors (Lipinski definition) is 5. The van der Waals surface area contributed by atoms with E-state index in [0.717, 1.165) is 0 Å². The van der Waals surface area contributed by atoms with Gasteiger partial charge in [-0.2, -0.15) is 0 Å². The van der Waals surface area contributed by atoms with Crippen molar-refractivity contribution in [3.8, 4) is 11.5 Å². The zero-order valence-electron chi connectivity index (χ0n) is 12.7. The predicted octanol–water partition coefficient (Wildman–Crippen LogP) is 0.207. The average molecular weight is 294 g/mol. The van der Waals surface area contributed by atoms with E-state index in [4.69, 9.17) is 9.47 Å². The molecule has 0 unspecified atom stereocenters. The quantitative estimate of drug-likeness (QED) is 0.841. The van der Waals surface area contributed by atoms with Gasteiger partial charge in [0.2, 0.25) is 0 Å². The van der Waals surface area contributed by atoms with Gasteiger partial charge in [-0.1, -0.05) is 6.07 Å². The van der Waals surface area contributed by atoms with E-state index in [9.17, 15) is 9.90 Å². The molecule has 21 heavy (non-hydrogen) atoms. The maximum absolute atomic E-state index is 12.1. The van der Waals surface area contributed by atoms with Crippen molar-refractivity contribution in [1.82, 2.24) is 9.80 Å². The van der Waals surface area contributed by atoms with Crippen LogP contribution in [0.25, 0.3) is 0 Å². The van der Waals surface area contributed by atoms with Crippen LogP contribution in [0.1, 0.15) is 0 Å². The second kappa shape index (κ2) is 6.78. The second-order valence-electron chi connectivity index (χ2n) is 5.36. The van der Waals surface area contributed by atoms with Gasteiger partial charge in [-0.15, -0.1) is 0 Å². The maximum Gasteiger partial charge on any atom is 0.260 e. The molecule has 0 bridgehead atoms. The third-order valence-electron chi connectivity index (χ3n) is 3.68. The van der Waals surface area contributed by atoms with E-state index in [2.05, 4.69) is 0 Å². The number of benzene rings is 1. The molecule has 0 aliphatic carbocycles. The van der Waals surface area contributed by atoms with Crippen LogP contribution in [0.3, 0.4) is 0 Å². The van der Waals surface area contributed by atoms with Crippen molar-refractivity contribution in [2.24, 2.45) is 0 Å². The van der Waals surface area contributed by atoms with Gasteiger partial charge in [0, 0.05) is 19.2 Å². The molecule has 1 aliphatic rings. The van der Waals surface area contributed by atoms with Gasteiger partial charge in [0.25, 0.3) is 5.91 Å². The fraction of sp³-hybridized carbons (Fsp3) is 0.533. The van der Waals surface area contributed by atoms with Crippen molar-refractivity contribution in [1.29, 1.82) is 0 Å². The first-order chi connectivity index (χ1) is 10.0. The molecule has 0 radical (unpaired) electrons. The van der Waals surface area contributed by atoms with E-state index >= 15 is 0 Å². The highest BCUT2D eigenvalue weighted by Gasteiger charge is 2.35. The van der Waals surface area contributed by atoms with Crippen LogP contribution < -0.4 is 9.47 Å². The van der Waals surface area contributed by atoms with Crippen molar-refractivity contribution >= 4 is 5.91 Å². The van der Waals surface area contributed by atoms with E-state index < -0.39 is 6.10 Å². The summed E-state index contributed by atoms with van der Waals surface area (Å²) in [5.41, 5.74) is 0. The number of likely N-dealkylation sites (tertiary alicyclic amines) is 1. The second-order valence-corrected chi connectivity index (χ2v) is 5.36. The van der Waals surface area contributed by atoms with Crippen LogP contribution in [0.15, 0.2) is 24.3 Å². The van der Waals surface area contributed by atoms with Gasteiger partial charge >= 0.3 is 0 Å².